The number of rotatable bonds is 9. The lowest BCUT2D eigenvalue weighted by atomic mass is 9.85. The Balaban J connectivity index is 1.16. The number of β-amino-alcohol motifs (C(OH)–C–C–N with tert-alkyl or cyclic N) is 1. The Labute approximate surface area is 251 Å². The fourth-order valence-electron chi connectivity index (χ4n) is 5.40. The fraction of sp³-hybridized carbons (Fsp3) is 0.414. The molecule has 2 fully saturated rings. The molecule has 1 unspecified atom stereocenters. The number of aliphatic hydroxyl groups is 2. The van der Waals surface area contributed by atoms with E-state index in [0.717, 1.165) is 0 Å². The highest BCUT2D eigenvalue weighted by atomic mass is 35.5. The predicted molar refractivity (Wildman–Crippen MR) is 155 cm³/mol. The molecular formula is C29H33ClF2N6O5. The van der Waals surface area contributed by atoms with Crippen LogP contribution in [0, 0.1) is 17.6 Å². The summed E-state index contributed by atoms with van der Waals surface area (Å²) in [6.07, 6.45) is 0.989. The Morgan fingerprint density at radius 2 is 1.91 bits per heavy atom. The van der Waals surface area contributed by atoms with Crippen molar-refractivity contribution >= 4 is 29.1 Å². The molecule has 5 rings (SSSR count). The fourth-order valence-corrected chi connectivity index (χ4v) is 5.67. The first-order valence-electron chi connectivity index (χ1n) is 13.9. The van der Waals surface area contributed by atoms with Gasteiger partial charge in [-0.3, -0.25) is 9.59 Å². The minimum absolute atomic E-state index is 0.0501. The van der Waals surface area contributed by atoms with E-state index in [1.165, 1.54) is 42.1 Å². The van der Waals surface area contributed by atoms with Gasteiger partial charge in [0.25, 0.3) is 5.91 Å². The van der Waals surface area contributed by atoms with Gasteiger partial charge in [0, 0.05) is 36.9 Å². The normalized spacial score (nSPS) is 22.3. The average Bonchev–Trinajstić information content (AvgIpc) is 3.34. The molecule has 1 saturated carbocycles. The molecule has 1 aliphatic carbocycles. The van der Waals surface area contributed by atoms with Crippen LogP contribution in [0.2, 0.25) is 5.02 Å². The summed E-state index contributed by atoms with van der Waals surface area (Å²) >= 11 is 6.39. The second-order valence-corrected chi connectivity index (χ2v) is 11.2. The number of ether oxygens (including phenoxy) is 1. The third-order valence-corrected chi connectivity index (χ3v) is 8.25. The van der Waals surface area contributed by atoms with Crippen LogP contribution >= 0.6 is 11.6 Å². The lowest BCUT2D eigenvalue weighted by Crippen LogP contribution is -2.56. The summed E-state index contributed by atoms with van der Waals surface area (Å²) in [7, 11) is 2.79. The first-order chi connectivity index (χ1) is 20.6. The number of aliphatic hydroxyl groups excluding tert-OH is 2. The second-order valence-electron chi connectivity index (χ2n) is 10.8. The Hall–Kier alpha value is -3.78. The van der Waals surface area contributed by atoms with Crippen LogP contribution in [0.3, 0.4) is 0 Å². The summed E-state index contributed by atoms with van der Waals surface area (Å²) < 4.78 is 35.1. The number of hydrogen-bond acceptors (Lipinski definition) is 8. The summed E-state index contributed by atoms with van der Waals surface area (Å²) in [6, 6.07) is 7.03. The number of halogens is 3. The van der Waals surface area contributed by atoms with Crippen LogP contribution in [-0.4, -0.2) is 70.0 Å². The maximum atomic E-state index is 14.6. The van der Waals surface area contributed by atoms with Crippen LogP contribution in [0.15, 0.2) is 36.5 Å². The number of hydrogen-bond donors (Lipinski definition) is 6. The summed E-state index contributed by atoms with van der Waals surface area (Å²) in [5.41, 5.74) is 0.822. The molecule has 1 aromatic heterocycles. The molecule has 2 aliphatic rings. The molecule has 2 amide bonds. The highest BCUT2D eigenvalue weighted by molar-refractivity contribution is 6.34. The maximum absolute atomic E-state index is 14.6. The number of carbonyl (C=O) groups excluding carboxylic acids is 2. The van der Waals surface area contributed by atoms with Gasteiger partial charge < -0.3 is 40.8 Å². The van der Waals surface area contributed by atoms with Crippen LogP contribution < -0.4 is 26.0 Å². The number of imidazole rings is 1. The molecule has 1 aliphatic heterocycles. The van der Waals surface area contributed by atoms with E-state index in [4.69, 9.17) is 16.3 Å². The number of amides is 2. The molecule has 230 valence electrons. The summed E-state index contributed by atoms with van der Waals surface area (Å²) in [6.45, 7) is 1.08. The molecular weight excluding hydrogens is 586 g/mol. The van der Waals surface area contributed by atoms with Crippen LogP contribution in [-0.2, 0) is 11.8 Å². The second kappa shape index (κ2) is 12.8. The van der Waals surface area contributed by atoms with Gasteiger partial charge in [-0.1, -0.05) is 11.6 Å². The van der Waals surface area contributed by atoms with E-state index in [2.05, 4.69) is 26.3 Å². The molecule has 14 heteroatoms. The van der Waals surface area contributed by atoms with Crippen molar-refractivity contribution < 1.29 is 33.3 Å². The molecule has 1 saturated heterocycles. The summed E-state index contributed by atoms with van der Waals surface area (Å²) in [5.74, 6) is -3.29. The zero-order chi connectivity index (χ0) is 30.8. The van der Waals surface area contributed by atoms with Crippen LogP contribution in [0.25, 0.3) is 11.3 Å². The molecule has 11 nitrogen and oxygen atoms in total. The number of aromatic nitrogens is 2. The zero-order valence-corrected chi connectivity index (χ0v) is 24.3. The van der Waals surface area contributed by atoms with E-state index in [0.29, 0.717) is 38.0 Å². The number of piperidine rings is 1. The number of anilines is 1. The predicted octanol–water partition coefficient (Wildman–Crippen LogP) is 2.48. The van der Waals surface area contributed by atoms with Gasteiger partial charge in [0.05, 0.1) is 41.6 Å². The van der Waals surface area contributed by atoms with Gasteiger partial charge in [0.2, 0.25) is 11.7 Å². The third kappa shape index (κ3) is 6.44. The van der Waals surface area contributed by atoms with Gasteiger partial charge >= 0.3 is 0 Å². The number of nitrogens with zero attached hydrogens (tertiary/aromatic N) is 2. The average molecular weight is 619 g/mol. The van der Waals surface area contributed by atoms with Crippen molar-refractivity contribution in [2.45, 2.75) is 43.7 Å². The summed E-state index contributed by atoms with van der Waals surface area (Å²) in [5, 5.41) is 32.7. The zero-order valence-electron chi connectivity index (χ0n) is 23.5. The number of carbonyl (C=O) groups is 2. The lowest BCUT2D eigenvalue weighted by Gasteiger charge is -2.38. The van der Waals surface area contributed by atoms with Crippen molar-refractivity contribution in [1.82, 2.24) is 25.5 Å². The number of methoxy groups -OCH3 is 1. The van der Waals surface area contributed by atoms with Crippen LogP contribution in [0.1, 0.15) is 41.7 Å². The maximum Gasteiger partial charge on any atom is 0.253 e. The van der Waals surface area contributed by atoms with E-state index in [-0.39, 0.29) is 57.3 Å². The topological polar surface area (TPSA) is 150 Å². The largest absolute Gasteiger partial charge is 0.494 e. The molecule has 2 aromatic carbocycles. The standard InChI is InChI=1S/C29H33ClF2N6O5/c1-38-21(18-5-6-23(43-2)25(32)24(18)31)12-34-26(38)29(42)35-14-3-4-17(20(30)11-14)27(40)36-15-9-16(10-15)37-28(41)19-7-8-33-13-22(19)39/h3-6,11-12,15-16,19,22,29,33,35,39,42H,7-10,13H2,1-2H3,(H,36,40)(H,37,41)/t15?,16?,19-,22+,29?/m0/s1. The highest BCUT2D eigenvalue weighted by Crippen LogP contribution is 2.31. The van der Waals surface area contributed by atoms with E-state index in [1.807, 2.05) is 0 Å². The van der Waals surface area contributed by atoms with Crippen molar-refractivity contribution in [2.24, 2.45) is 13.0 Å². The van der Waals surface area contributed by atoms with Gasteiger partial charge in [-0.15, -0.1) is 0 Å². The van der Waals surface area contributed by atoms with Crippen LogP contribution in [0.5, 0.6) is 5.75 Å². The minimum atomic E-state index is -1.34. The van der Waals surface area contributed by atoms with Gasteiger partial charge in [-0.25, -0.2) is 9.37 Å². The lowest BCUT2D eigenvalue weighted by molar-refractivity contribution is -0.131. The summed E-state index contributed by atoms with van der Waals surface area (Å²) in [4.78, 5) is 29.5. The molecule has 0 radical (unpaired) electrons. The van der Waals surface area contributed by atoms with Crippen LogP contribution in [0.4, 0.5) is 14.5 Å². The Bertz CT molecular complexity index is 1510. The molecule has 43 heavy (non-hydrogen) atoms. The highest BCUT2D eigenvalue weighted by Gasteiger charge is 2.36. The van der Waals surface area contributed by atoms with E-state index >= 15 is 0 Å². The Morgan fingerprint density at radius 3 is 2.60 bits per heavy atom. The molecule has 3 aromatic rings. The smallest absolute Gasteiger partial charge is 0.253 e. The molecule has 0 bridgehead atoms. The van der Waals surface area contributed by atoms with Gasteiger partial charge in [-0.05, 0) is 56.1 Å². The Morgan fingerprint density at radius 1 is 1.16 bits per heavy atom. The minimum Gasteiger partial charge on any atom is -0.494 e. The first kappa shape index (κ1) is 30.7. The number of benzene rings is 2. The van der Waals surface area contributed by atoms with E-state index in [9.17, 15) is 28.6 Å². The number of nitrogens with one attached hydrogen (secondary N) is 4. The van der Waals surface area contributed by atoms with E-state index in [1.54, 1.807) is 13.1 Å². The molecule has 2 heterocycles. The van der Waals surface area contributed by atoms with Gasteiger partial charge in [0.15, 0.2) is 23.6 Å². The van der Waals surface area contributed by atoms with E-state index < -0.39 is 29.9 Å². The molecule has 6 N–H and O–H groups in total. The SMILES string of the molecule is COc1ccc(-c2cnc(C(O)Nc3ccc(C(=O)NC4CC(NC(=O)[C@H]5CCNC[C@H]5O)C4)c(Cl)c3)n2C)c(F)c1F. The van der Waals surface area contributed by atoms with Crippen molar-refractivity contribution in [3.8, 4) is 17.0 Å². The van der Waals surface area contributed by atoms with Crippen molar-refractivity contribution in [2.75, 3.05) is 25.5 Å². The molecule has 0 spiro atoms. The third-order valence-electron chi connectivity index (χ3n) is 7.94. The Kier molecular flexibility index (Phi) is 9.16. The van der Waals surface area contributed by atoms with Gasteiger partial charge in [-0.2, -0.15) is 4.39 Å². The van der Waals surface area contributed by atoms with Crippen molar-refractivity contribution in [3.63, 3.8) is 0 Å². The van der Waals surface area contributed by atoms with Crippen molar-refractivity contribution in [3.05, 3.63) is 64.6 Å². The van der Waals surface area contributed by atoms with Crippen molar-refractivity contribution in [1.29, 1.82) is 0 Å². The monoisotopic (exact) mass is 618 g/mol. The molecule has 3 atom stereocenters. The first-order valence-corrected chi connectivity index (χ1v) is 14.2. The van der Waals surface area contributed by atoms with Gasteiger partial charge in [0.1, 0.15) is 0 Å². The quantitative estimate of drug-likeness (QED) is 0.200.